The summed E-state index contributed by atoms with van der Waals surface area (Å²) in [6.07, 6.45) is 0.482. The van der Waals surface area contributed by atoms with Crippen LogP contribution in [0.2, 0.25) is 0 Å². The van der Waals surface area contributed by atoms with Crippen molar-refractivity contribution in [2.24, 2.45) is 0 Å². The zero-order chi connectivity index (χ0) is 19.1. The van der Waals surface area contributed by atoms with E-state index in [1.807, 2.05) is 6.92 Å². The van der Waals surface area contributed by atoms with Crippen LogP contribution >= 0.6 is 0 Å². The molecule has 2 rings (SSSR count). The van der Waals surface area contributed by atoms with E-state index in [1.165, 1.54) is 37.4 Å². The maximum absolute atomic E-state index is 12.6. The van der Waals surface area contributed by atoms with Crippen LogP contribution in [0.25, 0.3) is 0 Å². The molecule has 0 spiro atoms. The minimum Gasteiger partial charge on any atom is -0.465 e. The molecule has 26 heavy (non-hydrogen) atoms. The van der Waals surface area contributed by atoms with E-state index in [4.69, 9.17) is 0 Å². The normalized spacial score (nSPS) is 11.7. The lowest BCUT2D eigenvalue weighted by molar-refractivity contribution is -0.0507. The second-order valence-corrected chi connectivity index (χ2v) is 5.42. The average Bonchev–Trinajstić information content (AvgIpc) is 2.65. The smallest absolute Gasteiger partial charge is 0.387 e. The highest BCUT2D eigenvalue weighted by atomic mass is 19.3. The number of nitrogens with one attached hydrogen (secondary N) is 1. The summed E-state index contributed by atoms with van der Waals surface area (Å²) in [5.41, 5.74) is 1.13. The Kier molecular flexibility index (Phi) is 6.66. The van der Waals surface area contributed by atoms with Gasteiger partial charge in [0.15, 0.2) is 0 Å². The maximum Gasteiger partial charge on any atom is 0.387 e. The van der Waals surface area contributed by atoms with Gasteiger partial charge in [-0.25, -0.2) is 4.79 Å². The van der Waals surface area contributed by atoms with Crippen molar-refractivity contribution in [3.05, 3.63) is 65.2 Å². The highest BCUT2D eigenvalue weighted by Gasteiger charge is 2.19. The summed E-state index contributed by atoms with van der Waals surface area (Å²) in [6.45, 7) is -1.13. The molecule has 1 N–H and O–H groups in total. The molecule has 0 radical (unpaired) electrons. The van der Waals surface area contributed by atoms with Gasteiger partial charge in [-0.3, -0.25) is 4.79 Å². The molecule has 138 valence electrons. The van der Waals surface area contributed by atoms with Crippen LogP contribution in [0.3, 0.4) is 0 Å². The number of rotatable bonds is 7. The van der Waals surface area contributed by atoms with E-state index in [2.05, 4.69) is 14.8 Å². The SMILES string of the molecule is CCC(NC(=O)c1ccc(C(=O)OC)cc1)c1ccccc1OC(F)F. The number of benzene rings is 2. The van der Waals surface area contributed by atoms with Crippen molar-refractivity contribution in [2.45, 2.75) is 26.0 Å². The number of halogens is 2. The number of methoxy groups -OCH3 is 1. The van der Waals surface area contributed by atoms with Gasteiger partial charge in [-0.1, -0.05) is 25.1 Å². The Hall–Kier alpha value is -2.96. The number of amides is 1. The Bertz CT molecular complexity index is 762. The maximum atomic E-state index is 12.6. The lowest BCUT2D eigenvalue weighted by Crippen LogP contribution is -2.28. The summed E-state index contributed by atoms with van der Waals surface area (Å²) in [6, 6.07) is 11.8. The van der Waals surface area contributed by atoms with Crippen LogP contribution in [-0.4, -0.2) is 25.6 Å². The van der Waals surface area contributed by atoms with Gasteiger partial charge in [-0.2, -0.15) is 8.78 Å². The summed E-state index contributed by atoms with van der Waals surface area (Å²) in [7, 11) is 1.27. The van der Waals surface area contributed by atoms with E-state index < -0.39 is 18.6 Å². The van der Waals surface area contributed by atoms with Crippen LogP contribution in [0.1, 0.15) is 45.7 Å². The number of carbonyl (C=O) groups excluding carboxylic acids is 2. The zero-order valence-corrected chi connectivity index (χ0v) is 14.4. The van der Waals surface area contributed by atoms with Crippen molar-refractivity contribution in [2.75, 3.05) is 7.11 Å². The van der Waals surface area contributed by atoms with Crippen molar-refractivity contribution >= 4 is 11.9 Å². The molecule has 7 heteroatoms. The first kappa shape index (κ1) is 19.4. The van der Waals surface area contributed by atoms with Gasteiger partial charge in [0.1, 0.15) is 5.75 Å². The third-order valence-electron chi connectivity index (χ3n) is 3.79. The minimum absolute atomic E-state index is 0.0238. The number of alkyl halides is 2. The molecule has 0 aliphatic heterocycles. The molecule has 1 unspecified atom stereocenters. The summed E-state index contributed by atoms with van der Waals surface area (Å²) in [5, 5.41) is 2.80. The highest BCUT2D eigenvalue weighted by Crippen LogP contribution is 2.28. The molecule has 1 atom stereocenters. The van der Waals surface area contributed by atoms with Crippen molar-refractivity contribution in [1.82, 2.24) is 5.32 Å². The number of hydrogen-bond acceptors (Lipinski definition) is 4. The number of esters is 1. The molecule has 1 amide bonds. The summed E-state index contributed by atoms with van der Waals surface area (Å²) in [5.74, 6) is -0.864. The van der Waals surface area contributed by atoms with Gasteiger partial charge in [0.05, 0.1) is 18.7 Å². The quantitative estimate of drug-likeness (QED) is 0.757. The Morgan fingerprint density at radius 2 is 1.65 bits per heavy atom. The van der Waals surface area contributed by atoms with Crippen molar-refractivity contribution in [3.63, 3.8) is 0 Å². The zero-order valence-electron chi connectivity index (χ0n) is 14.4. The van der Waals surface area contributed by atoms with Gasteiger partial charge in [-0.05, 0) is 36.8 Å². The fraction of sp³-hybridized carbons (Fsp3) is 0.263. The second kappa shape index (κ2) is 8.94. The summed E-state index contributed by atoms with van der Waals surface area (Å²) in [4.78, 5) is 23.9. The lowest BCUT2D eigenvalue weighted by atomic mass is 10.0. The standard InChI is InChI=1S/C19H19F2NO4/c1-3-15(14-6-4-5-7-16(14)26-19(20)21)22-17(23)12-8-10-13(11-9-12)18(24)25-2/h4-11,15,19H,3H2,1-2H3,(H,22,23). The van der Waals surface area contributed by atoms with Crippen LogP contribution in [0.4, 0.5) is 8.78 Å². The fourth-order valence-corrected chi connectivity index (χ4v) is 2.49. The molecule has 0 saturated heterocycles. The number of para-hydroxylation sites is 1. The summed E-state index contributed by atoms with van der Waals surface area (Å²) >= 11 is 0. The number of ether oxygens (including phenoxy) is 2. The first-order chi connectivity index (χ1) is 12.5. The summed E-state index contributed by atoms with van der Waals surface area (Å²) < 4.78 is 34.3. The van der Waals surface area contributed by atoms with Gasteiger partial charge >= 0.3 is 12.6 Å². The predicted octanol–water partition coefficient (Wildman–Crippen LogP) is 3.96. The molecule has 0 fully saturated rings. The molecule has 0 saturated carbocycles. The Morgan fingerprint density at radius 1 is 1.04 bits per heavy atom. The Balaban J connectivity index is 2.17. The molecule has 0 aliphatic rings. The average molecular weight is 363 g/mol. The van der Waals surface area contributed by atoms with E-state index in [0.717, 1.165) is 0 Å². The molecule has 0 aromatic heterocycles. The van der Waals surface area contributed by atoms with Crippen LogP contribution in [0.5, 0.6) is 5.75 Å². The van der Waals surface area contributed by atoms with Crippen LogP contribution in [0.15, 0.2) is 48.5 Å². The van der Waals surface area contributed by atoms with Crippen molar-refractivity contribution in [3.8, 4) is 5.75 Å². The topological polar surface area (TPSA) is 64.6 Å². The molecular formula is C19H19F2NO4. The molecule has 0 heterocycles. The predicted molar refractivity (Wildman–Crippen MR) is 91.4 cm³/mol. The second-order valence-electron chi connectivity index (χ2n) is 5.42. The fourth-order valence-electron chi connectivity index (χ4n) is 2.49. The Labute approximate surface area is 149 Å². The Morgan fingerprint density at radius 3 is 2.23 bits per heavy atom. The molecule has 0 aliphatic carbocycles. The van der Waals surface area contributed by atoms with E-state index in [9.17, 15) is 18.4 Å². The molecule has 2 aromatic carbocycles. The van der Waals surface area contributed by atoms with Crippen LogP contribution in [-0.2, 0) is 4.74 Å². The number of carbonyl (C=O) groups is 2. The van der Waals surface area contributed by atoms with Gasteiger partial charge < -0.3 is 14.8 Å². The molecular weight excluding hydrogens is 344 g/mol. The van der Waals surface area contributed by atoms with E-state index in [1.54, 1.807) is 18.2 Å². The third kappa shape index (κ3) is 4.78. The van der Waals surface area contributed by atoms with E-state index in [0.29, 0.717) is 23.1 Å². The van der Waals surface area contributed by atoms with Crippen LogP contribution < -0.4 is 10.1 Å². The molecule has 2 aromatic rings. The van der Waals surface area contributed by atoms with Crippen LogP contribution in [0, 0.1) is 0 Å². The monoisotopic (exact) mass is 363 g/mol. The van der Waals surface area contributed by atoms with E-state index >= 15 is 0 Å². The molecule has 5 nitrogen and oxygen atoms in total. The third-order valence-corrected chi connectivity index (χ3v) is 3.79. The molecule has 0 bridgehead atoms. The van der Waals surface area contributed by atoms with Gasteiger partial charge in [0.25, 0.3) is 5.91 Å². The van der Waals surface area contributed by atoms with Gasteiger partial charge in [0.2, 0.25) is 0 Å². The number of hydrogen-bond donors (Lipinski definition) is 1. The first-order valence-electron chi connectivity index (χ1n) is 7.99. The van der Waals surface area contributed by atoms with Gasteiger partial charge in [0, 0.05) is 11.1 Å². The van der Waals surface area contributed by atoms with Crippen molar-refractivity contribution < 1.29 is 27.8 Å². The first-order valence-corrected chi connectivity index (χ1v) is 7.99. The van der Waals surface area contributed by atoms with Gasteiger partial charge in [-0.15, -0.1) is 0 Å². The van der Waals surface area contributed by atoms with Crippen molar-refractivity contribution in [1.29, 1.82) is 0 Å². The largest absolute Gasteiger partial charge is 0.465 e. The van der Waals surface area contributed by atoms with E-state index in [-0.39, 0.29) is 11.7 Å². The minimum atomic E-state index is -2.95. The highest BCUT2D eigenvalue weighted by molar-refractivity contribution is 5.96. The lowest BCUT2D eigenvalue weighted by Gasteiger charge is -2.20.